The molecular formula is C44H56N6O6. The molecule has 0 spiro atoms. The summed E-state index contributed by atoms with van der Waals surface area (Å²) in [6, 6.07) is 6.34. The number of hydrogen-bond donors (Lipinski definition) is 4. The fourth-order valence-corrected chi connectivity index (χ4v) is 7.77. The molecule has 3 aromatic heterocycles. The number of aromatic nitrogens is 4. The van der Waals surface area contributed by atoms with Crippen molar-refractivity contribution >= 4 is 62.1 Å². The number of allylic oxidation sites excluding steroid dienone is 4. The molecule has 56 heavy (non-hydrogen) atoms. The lowest BCUT2D eigenvalue weighted by atomic mass is 9.98. The number of amides is 2. The molecule has 3 aromatic rings. The molecule has 2 amide bonds. The molecule has 0 fully saturated rings. The Balaban J connectivity index is 1.20. The Morgan fingerprint density at radius 3 is 2.07 bits per heavy atom. The molecule has 0 unspecified atom stereocenters. The van der Waals surface area contributed by atoms with E-state index in [1.54, 1.807) is 0 Å². The van der Waals surface area contributed by atoms with Gasteiger partial charge in [-0.3, -0.25) is 9.59 Å². The van der Waals surface area contributed by atoms with Gasteiger partial charge in [-0.15, -0.1) is 0 Å². The average Bonchev–Trinajstić information content (AvgIpc) is 3.89. The zero-order valence-corrected chi connectivity index (χ0v) is 34.4. The van der Waals surface area contributed by atoms with Gasteiger partial charge in [0.05, 0.1) is 54.7 Å². The third-order valence-corrected chi connectivity index (χ3v) is 10.7. The first-order valence-corrected chi connectivity index (χ1v) is 19.8. The molecule has 1 aliphatic carbocycles. The van der Waals surface area contributed by atoms with Crippen molar-refractivity contribution in [3.63, 3.8) is 0 Å². The summed E-state index contributed by atoms with van der Waals surface area (Å²) in [6.45, 7) is 20.2. The van der Waals surface area contributed by atoms with Crippen molar-refractivity contribution in [3.8, 4) is 0 Å². The van der Waals surface area contributed by atoms with E-state index in [-0.39, 0.29) is 24.5 Å². The molecule has 5 heterocycles. The lowest BCUT2D eigenvalue weighted by Crippen LogP contribution is -2.34. The van der Waals surface area contributed by atoms with E-state index in [9.17, 15) is 14.4 Å². The Hall–Kier alpha value is -5.07. The summed E-state index contributed by atoms with van der Waals surface area (Å²) >= 11 is 0. The topological polar surface area (TPSA) is 160 Å². The Kier molecular flexibility index (Phi) is 12.3. The van der Waals surface area contributed by atoms with Crippen LogP contribution in [0.25, 0.3) is 44.4 Å². The second-order valence-electron chi connectivity index (χ2n) is 15.6. The second kappa shape index (κ2) is 17.0. The van der Waals surface area contributed by atoms with Crippen LogP contribution in [0, 0.1) is 13.8 Å². The molecule has 6 rings (SSSR count). The van der Waals surface area contributed by atoms with Crippen LogP contribution >= 0.6 is 0 Å². The SMILES string of the molecule is CCC1=C(C)c2cc3[nH]c(cc4nc(c5c6[nH]c(cc1n2)c(C)c6C(=O)C5)C(CCC(=O)NCCOCCOCCNC(=O)OC(C)(C)C)=C4C)c(C)c3CC. The van der Waals surface area contributed by atoms with Gasteiger partial charge < -0.3 is 34.8 Å². The Morgan fingerprint density at radius 1 is 0.768 bits per heavy atom. The molecule has 0 saturated carbocycles. The molecule has 0 radical (unpaired) electrons. The maximum Gasteiger partial charge on any atom is 0.407 e. The lowest BCUT2D eigenvalue weighted by Gasteiger charge is -2.19. The predicted octanol–water partition coefficient (Wildman–Crippen LogP) is 7.96. The Morgan fingerprint density at radius 2 is 1.39 bits per heavy atom. The van der Waals surface area contributed by atoms with Gasteiger partial charge in [0.25, 0.3) is 0 Å². The zero-order valence-electron chi connectivity index (χ0n) is 34.4. The maximum absolute atomic E-state index is 13.7. The number of hydrogen-bond acceptors (Lipinski definition) is 8. The van der Waals surface area contributed by atoms with Crippen molar-refractivity contribution in [2.45, 2.75) is 100 Å². The van der Waals surface area contributed by atoms with Crippen molar-refractivity contribution < 1.29 is 28.6 Å². The maximum atomic E-state index is 13.7. The fourth-order valence-electron chi connectivity index (χ4n) is 7.77. The number of rotatable bonds is 14. The van der Waals surface area contributed by atoms with Crippen LogP contribution < -0.4 is 10.6 Å². The van der Waals surface area contributed by atoms with Crippen LogP contribution in [0.1, 0.15) is 123 Å². The average molecular weight is 765 g/mol. The van der Waals surface area contributed by atoms with Crippen LogP contribution in [0.15, 0.2) is 18.2 Å². The fraction of sp³-hybridized carbons (Fsp3) is 0.477. The number of fused-ring (bicyclic) bond motifs is 8. The molecule has 0 saturated heterocycles. The predicted molar refractivity (Wildman–Crippen MR) is 221 cm³/mol. The minimum absolute atomic E-state index is 0.0658. The highest BCUT2D eigenvalue weighted by Crippen LogP contribution is 2.41. The highest BCUT2D eigenvalue weighted by atomic mass is 16.6. The number of aryl methyl sites for hydroxylation is 3. The number of carbonyl (C=O) groups excluding carboxylic acids is 3. The number of carbonyl (C=O) groups is 3. The van der Waals surface area contributed by atoms with Crippen LogP contribution in [-0.2, 0) is 31.8 Å². The molecule has 3 aliphatic rings. The summed E-state index contributed by atoms with van der Waals surface area (Å²) in [7, 11) is 0. The van der Waals surface area contributed by atoms with E-state index in [1.165, 1.54) is 16.7 Å². The van der Waals surface area contributed by atoms with Gasteiger partial charge in [0.15, 0.2) is 5.78 Å². The summed E-state index contributed by atoms with van der Waals surface area (Å²) < 4.78 is 16.3. The number of nitrogens with one attached hydrogen (secondary N) is 4. The molecule has 0 aromatic carbocycles. The lowest BCUT2D eigenvalue weighted by molar-refractivity contribution is -0.121. The second-order valence-corrected chi connectivity index (χ2v) is 15.6. The van der Waals surface area contributed by atoms with Crippen LogP contribution in [0.3, 0.4) is 0 Å². The van der Waals surface area contributed by atoms with E-state index in [0.717, 1.165) is 85.5 Å². The minimum Gasteiger partial charge on any atom is -0.444 e. The van der Waals surface area contributed by atoms with E-state index in [0.29, 0.717) is 51.5 Å². The molecule has 12 nitrogen and oxygen atoms in total. The molecular weight excluding hydrogens is 709 g/mol. The van der Waals surface area contributed by atoms with Gasteiger partial charge in [-0.25, -0.2) is 14.8 Å². The number of alkyl carbamates (subject to hydrolysis) is 1. The van der Waals surface area contributed by atoms with Crippen molar-refractivity contribution in [2.75, 3.05) is 39.5 Å². The van der Waals surface area contributed by atoms with Gasteiger partial charge in [-0.2, -0.15) is 0 Å². The summed E-state index contributed by atoms with van der Waals surface area (Å²) in [5, 5.41) is 5.61. The smallest absolute Gasteiger partial charge is 0.407 e. The van der Waals surface area contributed by atoms with Crippen LogP contribution in [0.4, 0.5) is 4.79 Å². The minimum atomic E-state index is -0.548. The number of H-pyrrole nitrogens is 2. The normalized spacial score (nSPS) is 13.9. The molecule has 298 valence electrons. The van der Waals surface area contributed by atoms with Gasteiger partial charge in [0.1, 0.15) is 5.60 Å². The first-order valence-electron chi connectivity index (χ1n) is 19.8. The van der Waals surface area contributed by atoms with Gasteiger partial charge in [-0.1, -0.05) is 13.8 Å². The van der Waals surface area contributed by atoms with Crippen molar-refractivity contribution in [1.29, 1.82) is 0 Å². The van der Waals surface area contributed by atoms with E-state index in [2.05, 4.69) is 73.4 Å². The molecule has 8 bridgehead atoms. The molecule has 12 heteroatoms. The number of aromatic amines is 2. The van der Waals surface area contributed by atoms with Gasteiger partial charge in [0.2, 0.25) is 5.91 Å². The zero-order chi connectivity index (χ0) is 40.3. The molecule has 0 atom stereocenters. The first-order chi connectivity index (χ1) is 26.7. The van der Waals surface area contributed by atoms with Crippen LogP contribution in [-0.4, -0.2) is 82.8 Å². The molecule has 4 N–H and O–H groups in total. The Bertz CT molecular complexity index is 2290. The van der Waals surface area contributed by atoms with E-state index in [1.807, 2.05) is 27.7 Å². The van der Waals surface area contributed by atoms with Gasteiger partial charge in [0, 0.05) is 53.6 Å². The number of Topliss-reactive ketones (excluding diaryl/α,β-unsaturated/α-hetero) is 1. The summed E-state index contributed by atoms with van der Waals surface area (Å²) in [6.07, 6.45) is 2.20. The quantitative estimate of drug-likeness (QED) is 0.120. The summed E-state index contributed by atoms with van der Waals surface area (Å²) in [5.41, 5.74) is 15.8. The Labute approximate surface area is 328 Å². The van der Waals surface area contributed by atoms with Crippen LogP contribution in [0.2, 0.25) is 0 Å². The third kappa shape index (κ3) is 8.66. The largest absolute Gasteiger partial charge is 0.444 e. The van der Waals surface area contributed by atoms with Gasteiger partial charge >= 0.3 is 6.09 Å². The number of ketones is 1. The van der Waals surface area contributed by atoms with E-state index < -0.39 is 11.7 Å². The molecule has 2 aliphatic heterocycles. The monoisotopic (exact) mass is 764 g/mol. The van der Waals surface area contributed by atoms with Crippen molar-refractivity contribution in [1.82, 2.24) is 30.6 Å². The van der Waals surface area contributed by atoms with Gasteiger partial charge in [-0.05, 0) is 125 Å². The number of ether oxygens (including phenoxy) is 3. The van der Waals surface area contributed by atoms with E-state index >= 15 is 0 Å². The first kappa shape index (κ1) is 40.6. The standard InChI is InChI=1S/C44H56N6O6/c1-10-28-24(3)32-21-34-26(5)30(12-13-39(52)45-14-16-54-18-19-55-17-15-46-43(53)56-44(7,8)9)41(49-34)31-20-38(51)40-27(6)35(50-42(31)40)23-37-29(11-2)25(4)33(48-37)22-36(28)47-32/h21-23,47,50H,10-20H2,1-9H3,(H,45,52)(H,46,53). The van der Waals surface area contributed by atoms with Crippen LogP contribution in [0.5, 0.6) is 0 Å². The summed E-state index contributed by atoms with van der Waals surface area (Å²) in [5.74, 6) is -0.0261. The van der Waals surface area contributed by atoms with Crippen molar-refractivity contribution in [2.24, 2.45) is 0 Å². The highest BCUT2D eigenvalue weighted by Gasteiger charge is 2.31. The van der Waals surface area contributed by atoms with Crippen molar-refractivity contribution in [3.05, 3.63) is 68.8 Å². The third-order valence-electron chi connectivity index (χ3n) is 10.7. The number of nitrogens with zero attached hydrogens (tertiary/aromatic N) is 2. The highest BCUT2D eigenvalue weighted by molar-refractivity contribution is 6.14. The van der Waals surface area contributed by atoms with E-state index in [4.69, 9.17) is 24.2 Å². The summed E-state index contributed by atoms with van der Waals surface area (Å²) in [4.78, 5) is 56.1.